The fraction of sp³-hybridized carbons (Fsp3) is 0.250. The predicted octanol–water partition coefficient (Wildman–Crippen LogP) is 4.09. The van der Waals surface area contributed by atoms with Crippen molar-refractivity contribution >= 4 is 15.9 Å². The molecule has 0 aliphatic carbocycles. The van der Waals surface area contributed by atoms with Crippen LogP contribution in [0.5, 0.6) is 11.5 Å². The molecular weight excluding hydrogens is 320 g/mol. The number of aliphatic hydroxyl groups excluding tert-OH is 1. The SMILES string of the molecule is COc1ccc([C@@H](C)O)c(OCc2ccccc2Br)c1. The van der Waals surface area contributed by atoms with Gasteiger partial charge in [-0.3, -0.25) is 0 Å². The number of hydrogen-bond acceptors (Lipinski definition) is 3. The minimum absolute atomic E-state index is 0.425. The number of methoxy groups -OCH3 is 1. The molecule has 0 heterocycles. The third kappa shape index (κ3) is 3.52. The smallest absolute Gasteiger partial charge is 0.129 e. The van der Waals surface area contributed by atoms with Gasteiger partial charge in [-0.15, -0.1) is 0 Å². The lowest BCUT2D eigenvalue weighted by molar-refractivity contribution is 0.190. The van der Waals surface area contributed by atoms with Crippen LogP contribution in [0.15, 0.2) is 46.9 Å². The van der Waals surface area contributed by atoms with Crippen LogP contribution in [0.2, 0.25) is 0 Å². The van der Waals surface area contributed by atoms with Crippen LogP contribution in [0.25, 0.3) is 0 Å². The number of ether oxygens (including phenoxy) is 2. The van der Waals surface area contributed by atoms with Gasteiger partial charge in [0.15, 0.2) is 0 Å². The van der Waals surface area contributed by atoms with Crippen molar-refractivity contribution in [3.05, 3.63) is 58.1 Å². The minimum Gasteiger partial charge on any atom is -0.497 e. The van der Waals surface area contributed by atoms with Crippen LogP contribution in [0.3, 0.4) is 0 Å². The minimum atomic E-state index is -0.588. The molecule has 0 aromatic heterocycles. The van der Waals surface area contributed by atoms with E-state index in [0.717, 1.165) is 15.6 Å². The van der Waals surface area contributed by atoms with Crippen molar-refractivity contribution < 1.29 is 14.6 Å². The molecule has 0 saturated carbocycles. The third-order valence-electron chi connectivity index (χ3n) is 3.01. The Hall–Kier alpha value is -1.52. The van der Waals surface area contributed by atoms with Gasteiger partial charge in [-0.1, -0.05) is 34.1 Å². The van der Waals surface area contributed by atoms with Gasteiger partial charge in [-0.05, 0) is 25.1 Å². The highest BCUT2D eigenvalue weighted by Gasteiger charge is 2.11. The molecule has 0 unspecified atom stereocenters. The zero-order chi connectivity index (χ0) is 14.5. The first-order valence-electron chi connectivity index (χ1n) is 6.34. The quantitative estimate of drug-likeness (QED) is 0.893. The van der Waals surface area contributed by atoms with Crippen molar-refractivity contribution in [1.82, 2.24) is 0 Å². The van der Waals surface area contributed by atoms with Crippen molar-refractivity contribution in [3.8, 4) is 11.5 Å². The first kappa shape index (κ1) is 14.9. The summed E-state index contributed by atoms with van der Waals surface area (Å²) >= 11 is 3.49. The molecule has 0 spiro atoms. The van der Waals surface area contributed by atoms with Crippen molar-refractivity contribution in [2.75, 3.05) is 7.11 Å². The fourth-order valence-corrected chi connectivity index (χ4v) is 2.28. The van der Waals surface area contributed by atoms with Crippen molar-refractivity contribution in [1.29, 1.82) is 0 Å². The molecule has 0 saturated heterocycles. The molecule has 0 aliphatic rings. The number of rotatable bonds is 5. The van der Waals surface area contributed by atoms with Gasteiger partial charge in [0.05, 0.1) is 13.2 Å². The van der Waals surface area contributed by atoms with Crippen molar-refractivity contribution in [2.24, 2.45) is 0 Å². The molecule has 2 aromatic carbocycles. The number of halogens is 1. The molecule has 2 aromatic rings. The first-order valence-corrected chi connectivity index (χ1v) is 7.13. The Balaban J connectivity index is 2.21. The summed E-state index contributed by atoms with van der Waals surface area (Å²) in [6, 6.07) is 13.3. The van der Waals surface area contributed by atoms with E-state index in [1.165, 1.54) is 0 Å². The molecular formula is C16H17BrO3. The fourth-order valence-electron chi connectivity index (χ4n) is 1.88. The first-order chi connectivity index (χ1) is 9.61. The zero-order valence-corrected chi connectivity index (χ0v) is 13.1. The van der Waals surface area contributed by atoms with Crippen molar-refractivity contribution in [3.63, 3.8) is 0 Å². The molecule has 4 heteroatoms. The van der Waals surface area contributed by atoms with E-state index in [9.17, 15) is 5.11 Å². The molecule has 0 fully saturated rings. The Kier molecular flexibility index (Phi) is 5.04. The molecule has 0 bridgehead atoms. The third-order valence-corrected chi connectivity index (χ3v) is 3.79. The molecule has 2 rings (SSSR count). The van der Waals surface area contributed by atoms with Crippen LogP contribution < -0.4 is 9.47 Å². The van der Waals surface area contributed by atoms with Crippen LogP contribution in [0.4, 0.5) is 0 Å². The summed E-state index contributed by atoms with van der Waals surface area (Å²) in [5.41, 5.74) is 1.80. The maximum Gasteiger partial charge on any atom is 0.129 e. The average molecular weight is 337 g/mol. The van der Waals surface area contributed by atoms with E-state index >= 15 is 0 Å². The Morgan fingerprint density at radius 3 is 2.60 bits per heavy atom. The van der Waals surface area contributed by atoms with Gasteiger partial charge in [0.2, 0.25) is 0 Å². The molecule has 1 atom stereocenters. The summed E-state index contributed by atoms with van der Waals surface area (Å²) in [5.74, 6) is 1.34. The summed E-state index contributed by atoms with van der Waals surface area (Å²) in [5, 5.41) is 9.79. The topological polar surface area (TPSA) is 38.7 Å². The maximum absolute atomic E-state index is 9.79. The van der Waals surface area contributed by atoms with Gasteiger partial charge < -0.3 is 14.6 Å². The highest BCUT2D eigenvalue weighted by molar-refractivity contribution is 9.10. The van der Waals surface area contributed by atoms with Crippen molar-refractivity contribution in [2.45, 2.75) is 19.6 Å². The molecule has 106 valence electrons. The Bertz CT molecular complexity index is 582. The van der Waals surface area contributed by atoms with E-state index in [4.69, 9.17) is 9.47 Å². The zero-order valence-electron chi connectivity index (χ0n) is 11.5. The second kappa shape index (κ2) is 6.77. The van der Waals surface area contributed by atoms with Crippen LogP contribution in [-0.4, -0.2) is 12.2 Å². The van der Waals surface area contributed by atoms with Gasteiger partial charge in [-0.2, -0.15) is 0 Å². The summed E-state index contributed by atoms with van der Waals surface area (Å²) in [7, 11) is 1.61. The summed E-state index contributed by atoms with van der Waals surface area (Å²) in [6.45, 7) is 2.14. The van der Waals surface area contributed by atoms with Gasteiger partial charge in [0, 0.05) is 21.7 Å². The lowest BCUT2D eigenvalue weighted by Crippen LogP contribution is -2.02. The van der Waals surface area contributed by atoms with E-state index in [-0.39, 0.29) is 0 Å². The normalized spacial score (nSPS) is 12.0. The molecule has 0 radical (unpaired) electrons. The van der Waals surface area contributed by atoms with Gasteiger partial charge >= 0.3 is 0 Å². The van der Waals surface area contributed by atoms with E-state index in [1.807, 2.05) is 36.4 Å². The van der Waals surface area contributed by atoms with Gasteiger partial charge in [-0.25, -0.2) is 0 Å². The molecule has 0 amide bonds. The summed E-state index contributed by atoms with van der Waals surface area (Å²) in [4.78, 5) is 0. The Morgan fingerprint density at radius 2 is 1.95 bits per heavy atom. The van der Waals surface area contributed by atoms with Crippen LogP contribution >= 0.6 is 15.9 Å². The largest absolute Gasteiger partial charge is 0.497 e. The lowest BCUT2D eigenvalue weighted by atomic mass is 10.1. The molecule has 1 N–H and O–H groups in total. The van der Waals surface area contributed by atoms with Gasteiger partial charge in [0.25, 0.3) is 0 Å². The van der Waals surface area contributed by atoms with Crippen LogP contribution in [-0.2, 0) is 6.61 Å². The standard InChI is InChI=1S/C16H17BrO3/c1-11(18)14-8-7-13(19-2)9-16(14)20-10-12-5-3-4-6-15(12)17/h3-9,11,18H,10H2,1-2H3/t11-/m1/s1. The highest BCUT2D eigenvalue weighted by atomic mass is 79.9. The number of aliphatic hydroxyl groups is 1. The summed E-state index contributed by atoms with van der Waals surface area (Å²) in [6.07, 6.45) is -0.588. The lowest BCUT2D eigenvalue weighted by Gasteiger charge is -2.15. The molecule has 20 heavy (non-hydrogen) atoms. The van der Waals surface area contributed by atoms with Gasteiger partial charge in [0.1, 0.15) is 18.1 Å². The Labute approximate surface area is 127 Å². The maximum atomic E-state index is 9.79. The number of hydrogen-bond donors (Lipinski definition) is 1. The van der Waals surface area contributed by atoms with Crippen LogP contribution in [0, 0.1) is 0 Å². The second-order valence-electron chi connectivity index (χ2n) is 4.46. The second-order valence-corrected chi connectivity index (χ2v) is 5.31. The van der Waals surface area contributed by atoms with E-state index in [2.05, 4.69) is 15.9 Å². The monoisotopic (exact) mass is 336 g/mol. The number of benzene rings is 2. The van der Waals surface area contributed by atoms with Crippen LogP contribution in [0.1, 0.15) is 24.2 Å². The van der Waals surface area contributed by atoms with E-state index in [0.29, 0.717) is 18.1 Å². The molecule has 3 nitrogen and oxygen atoms in total. The van der Waals surface area contributed by atoms with E-state index in [1.54, 1.807) is 20.1 Å². The molecule has 0 aliphatic heterocycles. The highest BCUT2D eigenvalue weighted by Crippen LogP contribution is 2.30. The average Bonchev–Trinajstić information content (AvgIpc) is 2.46. The summed E-state index contributed by atoms with van der Waals surface area (Å²) < 4.78 is 12.0. The predicted molar refractivity (Wildman–Crippen MR) is 82.1 cm³/mol. The Morgan fingerprint density at radius 1 is 1.20 bits per heavy atom. The van der Waals surface area contributed by atoms with E-state index < -0.39 is 6.10 Å².